The fourth-order valence-electron chi connectivity index (χ4n) is 5.87. The monoisotopic (exact) mass is 564 g/mol. The third-order valence-corrected chi connectivity index (χ3v) is 7.73. The molecule has 0 fully saturated rings. The summed E-state index contributed by atoms with van der Waals surface area (Å²) in [4.78, 5) is 0. The Morgan fingerprint density at radius 2 is 0.727 bits per heavy atom. The Morgan fingerprint density at radius 1 is 0.432 bits per heavy atom. The van der Waals surface area contributed by atoms with E-state index in [9.17, 15) is 0 Å². The van der Waals surface area contributed by atoms with Crippen molar-refractivity contribution in [1.29, 1.82) is 0 Å². The van der Waals surface area contributed by atoms with E-state index in [1.54, 1.807) is 0 Å². The molecule has 0 radical (unpaired) electrons. The first-order chi connectivity index (χ1) is 21.8. The van der Waals surface area contributed by atoms with Crippen LogP contribution in [0.5, 0.6) is 11.5 Å². The van der Waals surface area contributed by atoms with Gasteiger partial charge in [0.05, 0.1) is 13.2 Å². The van der Waals surface area contributed by atoms with Crippen molar-refractivity contribution < 1.29 is 9.47 Å². The van der Waals surface area contributed by atoms with Gasteiger partial charge in [0.2, 0.25) is 0 Å². The smallest absolute Gasteiger partial charge is 0.137 e. The van der Waals surface area contributed by atoms with E-state index in [2.05, 4.69) is 98.8 Å². The molecule has 7 aromatic carbocycles. The van der Waals surface area contributed by atoms with E-state index in [4.69, 9.17) is 9.47 Å². The van der Waals surface area contributed by atoms with E-state index >= 15 is 0 Å². The van der Waals surface area contributed by atoms with Crippen LogP contribution < -0.4 is 9.47 Å². The zero-order valence-electron chi connectivity index (χ0n) is 24.7. The van der Waals surface area contributed by atoms with Gasteiger partial charge in [0.15, 0.2) is 0 Å². The fourth-order valence-corrected chi connectivity index (χ4v) is 5.87. The molecule has 44 heavy (non-hydrogen) atoms. The molecule has 0 N–H and O–H groups in total. The summed E-state index contributed by atoms with van der Waals surface area (Å²) in [6.45, 7) is 5.40. The average molecular weight is 565 g/mol. The number of rotatable bonds is 6. The molecule has 0 aliphatic carbocycles. The highest BCUT2D eigenvalue weighted by Crippen LogP contribution is 2.40. The van der Waals surface area contributed by atoms with Crippen molar-refractivity contribution in [3.63, 3.8) is 0 Å². The second-order valence-corrected chi connectivity index (χ2v) is 10.7. The minimum absolute atomic E-state index is 0.589. The number of hydrogen-bond acceptors (Lipinski definition) is 2. The molecule has 0 saturated carbocycles. The molecule has 0 spiro atoms. The first-order valence-electron chi connectivity index (χ1n) is 15.0. The highest BCUT2D eigenvalue weighted by Gasteiger charge is 2.14. The lowest BCUT2D eigenvalue weighted by atomic mass is 9.98. The molecule has 0 unspecified atom stereocenters. The molecule has 0 amide bonds. The maximum Gasteiger partial charge on any atom is 0.137 e. The van der Waals surface area contributed by atoms with Crippen LogP contribution in [0, 0.1) is 48.5 Å². The SMILES string of the molecule is CCCOc1c2c3c#cc#cc4cccc5cc6cccc(c#cc#cc7cccc(cc2ccc3)c17)c6c(OCCC)c45. The highest BCUT2D eigenvalue weighted by molar-refractivity contribution is 6.17. The number of ether oxygens (including phenoxy) is 2. The second-order valence-electron chi connectivity index (χ2n) is 10.7. The number of benzene rings is 6. The summed E-state index contributed by atoms with van der Waals surface area (Å²) in [5.74, 6) is 1.61. The second kappa shape index (κ2) is 11.8. The molecule has 0 atom stereocenters. The van der Waals surface area contributed by atoms with Crippen LogP contribution >= 0.6 is 0 Å². The van der Waals surface area contributed by atoms with Crippen LogP contribution in [-0.4, -0.2) is 13.2 Å². The topological polar surface area (TPSA) is 18.5 Å². The van der Waals surface area contributed by atoms with E-state index in [0.717, 1.165) is 89.0 Å². The molecular formula is C42H28O2. The Morgan fingerprint density at radius 3 is 1.00 bits per heavy atom. The summed E-state index contributed by atoms with van der Waals surface area (Å²) in [7, 11) is 0. The van der Waals surface area contributed by atoms with Gasteiger partial charge in [-0.2, -0.15) is 0 Å². The summed E-state index contributed by atoms with van der Waals surface area (Å²) in [6.07, 6.45) is 1.77. The normalized spacial score (nSPS) is 10.6. The molecular weight excluding hydrogens is 536 g/mol. The quantitative estimate of drug-likeness (QED) is 0.187. The van der Waals surface area contributed by atoms with Gasteiger partial charge in [0, 0.05) is 43.1 Å². The maximum atomic E-state index is 6.47. The van der Waals surface area contributed by atoms with Crippen molar-refractivity contribution in [3.05, 3.63) is 133 Å². The summed E-state index contributed by atoms with van der Waals surface area (Å²) < 4.78 is 12.9. The van der Waals surface area contributed by atoms with Gasteiger partial charge in [-0.25, -0.2) is 0 Å². The number of hydrogen-bond donors (Lipinski definition) is 0. The average Bonchev–Trinajstić information content (AvgIpc) is 3.05. The molecule has 4 bridgehead atoms. The summed E-state index contributed by atoms with van der Waals surface area (Å²) in [5, 5.41) is 11.6. The summed E-state index contributed by atoms with van der Waals surface area (Å²) in [5.41, 5.74) is 0. The Kier molecular flexibility index (Phi) is 7.27. The highest BCUT2D eigenvalue weighted by atomic mass is 16.5. The van der Waals surface area contributed by atoms with Gasteiger partial charge >= 0.3 is 0 Å². The van der Waals surface area contributed by atoms with Crippen molar-refractivity contribution in [3.8, 4) is 11.5 Å². The lowest BCUT2D eigenvalue weighted by Crippen LogP contribution is -1.97. The molecule has 2 nitrogen and oxygen atoms in total. The zero-order chi connectivity index (χ0) is 29.9. The fraction of sp³-hybridized carbons (Fsp3) is 0.143. The van der Waals surface area contributed by atoms with E-state index in [0.29, 0.717) is 13.2 Å². The van der Waals surface area contributed by atoms with Gasteiger partial charge in [-0.1, -0.05) is 86.6 Å². The minimum atomic E-state index is 0.589. The molecule has 208 valence electrons. The van der Waals surface area contributed by atoms with E-state index in [1.807, 2.05) is 48.5 Å². The Bertz CT molecular complexity index is 1950. The minimum Gasteiger partial charge on any atom is -0.492 e. The summed E-state index contributed by atoms with van der Waals surface area (Å²) in [6, 6.07) is 55.0. The van der Waals surface area contributed by atoms with Crippen molar-refractivity contribution in [2.24, 2.45) is 0 Å². The third kappa shape index (κ3) is 4.85. The molecule has 2 heteroatoms. The third-order valence-electron chi connectivity index (χ3n) is 7.73. The van der Waals surface area contributed by atoms with Crippen molar-refractivity contribution in [2.75, 3.05) is 13.2 Å². The molecule has 0 aliphatic heterocycles. The van der Waals surface area contributed by atoms with Crippen LogP contribution in [0.15, 0.2) is 84.9 Å². The van der Waals surface area contributed by atoms with Crippen LogP contribution in [0.4, 0.5) is 0 Å². The van der Waals surface area contributed by atoms with Gasteiger partial charge in [0.25, 0.3) is 0 Å². The lowest BCUT2D eigenvalue weighted by molar-refractivity contribution is 0.325. The van der Waals surface area contributed by atoms with Gasteiger partial charge in [-0.15, -0.1) is 0 Å². The molecule has 0 heterocycles. The van der Waals surface area contributed by atoms with Crippen molar-refractivity contribution >= 4 is 64.6 Å². The maximum absolute atomic E-state index is 6.47. The van der Waals surface area contributed by atoms with Crippen LogP contribution in [0.1, 0.15) is 26.7 Å². The summed E-state index contributed by atoms with van der Waals surface area (Å²) >= 11 is 0. The first kappa shape index (κ1) is 27.1. The van der Waals surface area contributed by atoms with Crippen LogP contribution in [0.25, 0.3) is 64.6 Å². The van der Waals surface area contributed by atoms with Gasteiger partial charge in [-0.3, -0.25) is 0 Å². The molecule has 7 rings (SSSR count). The van der Waals surface area contributed by atoms with Crippen LogP contribution in [-0.2, 0) is 0 Å². The lowest BCUT2D eigenvalue weighted by Gasteiger charge is -2.13. The predicted octanol–water partition coefficient (Wildman–Crippen LogP) is 10.3. The van der Waals surface area contributed by atoms with Crippen LogP contribution in [0.3, 0.4) is 0 Å². The van der Waals surface area contributed by atoms with Gasteiger partial charge < -0.3 is 9.47 Å². The first-order valence-corrected chi connectivity index (χ1v) is 15.0. The Hall–Kier alpha value is -5.80. The van der Waals surface area contributed by atoms with Gasteiger partial charge in [-0.05, 0) is 95.1 Å². The van der Waals surface area contributed by atoms with Crippen molar-refractivity contribution in [1.82, 2.24) is 0 Å². The van der Waals surface area contributed by atoms with Gasteiger partial charge in [0.1, 0.15) is 11.5 Å². The molecule has 0 aromatic heterocycles. The Balaban J connectivity index is 1.64. The van der Waals surface area contributed by atoms with E-state index in [1.165, 1.54) is 0 Å². The molecule has 7 aromatic rings. The molecule has 0 saturated heterocycles. The largest absolute Gasteiger partial charge is 0.492 e. The standard InChI is InChI=1S/C42H28O2/c1-3-25-43-41-37-29-13-5-7-15-31-19-11-23-35-28-36-24-12-20-32(40(36)42(39(31)35)44-26-4-2)16-8-6-14-30-18-10-22-34(38(30)41)27-33(37)21-9-17-29/h9-12,17-24,27-28H,3-4,25-26H2,1-2H3. The molecule has 0 aliphatic rings. The van der Waals surface area contributed by atoms with E-state index < -0.39 is 0 Å². The van der Waals surface area contributed by atoms with E-state index in [-0.39, 0.29) is 0 Å². The predicted molar refractivity (Wildman–Crippen MR) is 180 cm³/mol. The Labute approximate surface area is 258 Å². The zero-order valence-corrected chi connectivity index (χ0v) is 24.7. The van der Waals surface area contributed by atoms with Crippen molar-refractivity contribution in [2.45, 2.75) is 26.7 Å². The van der Waals surface area contributed by atoms with Crippen LogP contribution in [0.2, 0.25) is 0 Å².